The fourth-order valence-corrected chi connectivity index (χ4v) is 1.68. The minimum absolute atomic E-state index is 0.0686. The van der Waals surface area contributed by atoms with Crippen molar-refractivity contribution in [1.29, 1.82) is 0 Å². The van der Waals surface area contributed by atoms with Crippen molar-refractivity contribution in [2.45, 2.75) is 0 Å². The Morgan fingerprint density at radius 3 is 2.30 bits per heavy atom. The Morgan fingerprint density at radius 1 is 1.15 bits per heavy atom. The lowest BCUT2D eigenvalue weighted by atomic mass is 10.1. The maximum atomic E-state index is 13.8. The van der Waals surface area contributed by atoms with Crippen molar-refractivity contribution in [3.63, 3.8) is 0 Å². The van der Waals surface area contributed by atoms with Gasteiger partial charge in [-0.3, -0.25) is 0 Å². The molecule has 2 aromatic rings. The lowest BCUT2D eigenvalue weighted by Crippen LogP contribution is -2.00. The molecule has 1 N–H and O–H groups in total. The molecule has 2 rings (SSSR count). The summed E-state index contributed by atoms with van der Waals surface area (Å²) in [4.78, 5) is 10.7. The molecule has 0 amide bonds. The minimum Gasteiger partial charge on any atom is -0.478 e. The first-order chi connectivity index (χ1) is 9.47. The summed E-state index contributed by atoms with van der Waals surface area (Å²) in [5, 5.41) is 9.35. The summed E-state index contributed by atoms with van der Waals surface area (Å²) < 4.78 is 19.2. The molecule has 0 saturated heterocycles. The topological polar surface area (TPSA) is 46.5 Å². The van der Waals surface area contributed by atoms with Crippen molar-refractivity contribution >= 4 is 23.1 Å². The van der Waals surface area contributed by atoms with Crippen LogP contribution in [0.3, 0.4) is 0 Å². The first-order valence-corrected chi connectivity index (χ1v) is 6.00. The van der Waals surface area contributed by atoms with Gasteiger partial charge in [-0.15, -0.1) is 0 Å². The lowest BCUT2D eigenvalue weighted by molar-refractivity contribution is -0.130. The second kappa shape index (κ2) is 5.75. The predicted octanol–water partition coefficient (Wildman–Crippen LogP) is 4.37. The lowest BCUT2D eigenvalue weighted by Gasteiger charge is -2.08. The Morgan fingerprint density at radius 2 is 1.75 bits per heavy atom. The third kappa shape index (κ3) is 3.16. The molecule has 0 spiro atoms. The Hall–Kier alpha value is -2.33. The number of aliphatic carboxylic acids is 1. The molecule has 0 aromatic heterocycles. The van der Waals surface area contributed by atoms with Crippen LogP contribution in [0.15, 0.2) is 49.0 Å². The number of hydrogen-bond donors (Lipinski definition) is 1. The Bertz CT molecular complexity index is 665. The summed E-state index contributed by atoms with van der Waals surface area (Å²) >= 11 is 5.74. The molecular formula is C15H10ClFO3. The third-order valence-electron chi connectivity index (χ3n) is 2.57. The van der Waals surface area contributed by atoms with Gasteiger partial charge in [0.05, 0.1) is 5.57 Å². The summed E-state index contributed by atoms with van der Waals surface area (Å²) in [7, 11) is 0. The van der Waals surface area contributed by atoms with E-state index in [0.717, 1.165) is 6.07 Å². The van der Waals surface area contributed by atoms with Gasteiger partial charge < -0.3 is 9.84 Å². The van der Waals surface area contributed by atoms with Gasteiger partial charge >= 0.3 is 5.97 Å². The van der Waals surface area contributed by atoms with Crippen LogP contribution in [-0.4, -0.2) is 11.1 Å². The van der Waals surface area contributed by atoms with E-state index in [0.29, 0.717) is 10.8 Å². The van der Waals surface area contributed by atoms with Crippen LogP contribution in [-0.2, 0) is 4.79 Å². The predicted molar refractivity (Wildman–Crippen MR) is 74.6 cm³/mol. The average Bonchev–Trinajstić information content (AvgIpc) is 2.41. The molecule has 0 unspecified atom stereocenters. The highest BCUT2D eigenvalue weighted by Gasteiger charge is 2.13. The molecule has 0 aliphatic rings. The normalized spacial score (nSPS) is 10.1. The number of benzene rings is 2. The molecular weight excluding hydrogens is 283 g/mol. The Kier molecular flexibility index (Phi) is 4.05. The first-order valence-electron chi connectivity index (χ1n) is 5.63. The van der Waals surface area contributed by atoms with Crippen LogP contribution in [0.4, 0.5) is 4.39 Å². The highest BCUT2D eigenvalue weighted by molar-refractivity contribution is 6.30. The van der Waals surface area contributed by atoms with Crippen molar-refractivity contribution in [1.82, 2.24) is 0 Å². The van der Waals surface area contributed by atoms with Gasteiger partial charge in [0, 0.05) is 16.7 Å². The number of halogens is 2. The van der Waals surface area contributed by atoms with Gasteiger partial charge in [0.15, 0.2) is 0 Å². The van der Waals surface area contributed by atoms with Crippen LogP contribution in [0.1, 0.15) is 5.56 Å². The largest absolute Gasteiger partial charge is 0.478 e. The van der Waals surface area contributed by atoms with Crippen molar-refractivity contribution in [2.75, 3.05) is 0 Å². The molecule has 0 atom stereocenters. The average molecular weight is 293 g/mol. The molecule has 102 valence electrons. The molecule has 0 bridgehead atoms. The summed E-state index contributed by atoms with van der Waals surface area (Å²) in [6, 6.07) is 10.5. The van der Waals surface area contributed by atoms with Gasteiger partial charge in [-0.05, 0) is 36.4 Å². The molecule has 0 fully saturated rings. The highest BCUT2D eigenvalue weighted by Crippen LogP contribution is 2.26. The molecule has 0 aliphatic carbocycles. The number of carbonyl (C=O) groups is 1. The molecule has 0 heterocycles. The van der Waals surface area contributed by atoms with E-state index in [-0.39, 0.29) is 16.9 Å². The minimum atomic E-state index is -1.27. The van der Waals surface area contributed by atoms with Gasteiger partial charge in [-0.1, -0.05) is 18.2 Å². The van der Waals surface area contributed by atoms with Crippen molar-refractivity contribution in [2.24, 2.45) is 0 Å². The van der Waals surface area contributed by atoms with Gasteiger partial charge in [0.2, 0.25) is 0 Å². The van der Waals surface area contributed by atoms with E-state index < -0.39 is 11.8 Å². The summed E-state index contributed by atoms with van der Waals surface area (Å²) in [5.41, 5.74) is -0.374. The third-order valence-corrected chi connectivity index (χ3v) is 2.83. The maximum Gasteiger partial charge on any atom is 0.335 e. The van der Waals surface area contributed by atoms with E-state index in [2.05, 4.69) is 6.58 Å². The fourth-order valence-electron chi connectivity index (χ4n) is 1.56. The molecule has 0 saturated carbocycles. The molecule has 3 nitrogen and oxygen atoms in total. The number of carboxylic acids is 1. The molecule has 0 radical (unpaired) electrons. The zero-order valence-corrected chi connectivity index (χ0v) is 11.0. The molecule has 20 heavy (non-hydrogen) atoms. The number of rotatable bonds is 4. The van der Waals surface area contributed by atoms with E-state index in [1.807, 2.05) is 0 Å². The number of hydrogen-bond acceptors (Lipinski definition) is 2. The molecule has 5 heteroatoms. The van der Waals surface area contributed by atoms with Crippen LogP contribution in [0.5, 0.6) is 11.5 Å². The highest BCUT2D eigenvalue weighted by atomic mass is 35.5. The standard InChI is InChI=1S/C15H10ClFO3/c1-9(15(18)19)13-7-6-12(8-14(13)17)20-11-4-2-10(16)3-5-11/h2-8H,1H2,(H,18,19). The fraction of sp³-hybridized carbons (Fsp3) is 0. The van der Waals surface area contributed by atoms with E-state index >= 15 is 0 Å². The van der Waals surface area contributed by atoms with Crippen LogP contribution in [0, 0.1) is 5.82 Å². The van der Waals surface area contributed by atoms with Crippen LogP contribution in [0.2, 0.25) is 5.02 Å². The number of carboxylic acid groups (broad SMARTS) is 1. The van der Waals surface area contributed by atoms with Crippen molar-refractivity contribution in [3.05, 3.63) is 65.4 Å². The van der Waals surface area contributed by atoms with E-state index in [1.54, 1.807) is 24.3 Å². The summed E-state index contributed by atoms with van der Waals surface area (Å²) in [6.07, 6.45) is 0. The van der Waals surface area contributed by atoms with Crippen molar-refractivity contribution < 1.29 is 19.0 Å². The smallest absolute Gasteiger partial charge is 0.335 e. The van der Waals surface area contributed by atoms with Gasteiger partial charge in [-0.25, -0.2) is 9.18 Å². The molecule has 0 aliphatic heterocycles. The Balaban J connectivity index is 2.23. The van der Waals surface area contributed by atoms with Crippen LogP contribution < -0.4 is 4.74 Å². The summed E-state index contributed by atoms with van der Waals surface area (Å²) in [5.74, 6) is -1.22. The number of ether oxygens (including phenoxy) is 1. The molecule has 2 aromatic carbocycles. The Labute approximate surface area is 119 Å². The second-order valence-electron chi connectivity index (χ2n) is 3.98. The second-order valence-corrected chi connectivity index (χ2v) is 4.42. The maximum absolute atomic E-state index is 13.8. The zero-order valence-electron chi connectivity index (χ0n) is 10.3. The van der Waals surface area contributed by atoms with Crippen LogP contribution >= 0.6 is 11.6 Å². The van der Waals surface area contributed by atoms with Crippen LogP contribution in [0.25, 0.3) is 5.57 Å². The first kappa shape index (κ1) is 14.1. The summed E-state index contributed by atoms with van der Waals surface area (Å²) in [6.45, 7) is 3.31. The van der Waals surface area contributed by atoms with E-state index in [4.69, 9.17) is 21.4 Å². The monoisotopic (exact) mass is 292 g/mol. The van der Waals surface area contributed by atoms with E-state index in [1.165, 1.54) is 12.1 Å². The quantitative estimate of drug-likeness (QED) is 0.851. The van der Waals surface area contributed by atoms with E-state index in [9.17, 15) is 9.18 Å². The van der Waals surface area contributed by atoms with Crippen molar-refractivity contribution in [3.8, 4) is 11.5 Å². The zero-order chi connectivity index (χ0) is 14.7. The van der Waals surface area contributed by atoms with Gasteiger partial charge in [0.1, 0.15) is 17.3 Å². The van der Waals surface area contributed by atoms with Gasteiger partial charge in [-0.2, -0.15) is 0 Å². The van der Waals surface area contributed by atoms with Gasteiger partial charge in [0.25, 0.3) is 0 Å². The SMILES string of the molecule is C=C(C(=O)O)c1ccc(Oc2ccc(Cl)cc2)cc1F.